The van der Waals surface area contributed by atoms with Crippen LogP contribution in [0.2, 0.25) is 0 Å². The molecule has 0 aliphatic heterocycles. The lowest BCUT2D eigenvalue weighted by Gasteiger charge is -2.17. The van der Waals surface area contributed by atoms with Gasteiger partial charge in [-0.2, -0.15) is 0 Å². The number of methoxy groups -OCH3 is 1. The first-order valence-corrected chi connectivity index (χ1v) is 5.57. The first-order chi connectivity index (χ1) is 7.47. The summed E-state index contributed by atoms with van der Waals surface area (Å²) >= 11 is 3.36. The Morgan fingerprint density at radius 2 is 2.25 bits per heavy atom. The first-order valence-electron chi connectivity index (χ1n) is 4.77. The number of carboxylic acids is 1. The third kappa shape index (κ3) is 2.74. The number of hydrogen-bond acceptors (Lipinski definition) is 3. The van der Waals surface area contributed by atoms with Crippen molar-refractivity contribution in [2.75, 3.05) is 7.11 Å². The highest BCUT2D eigenvalue weighted by Crippen LogP contribution is 2.35. The molecule has 1 aromatic rings. The smallest absolute Gasteiger partial charge is 0.305 e. The van der Waals surface area contributed by atoms with E-state index in [9.17, 15) is 4.79 Å². The molecular weight excluding hydrogens is 274 g/mol. The van der Waals surface area contributed by atoms with Gasteiger partial charge < -0.3 is 15.6 Å². The summed E-state index contributed by atoms with van der Waals surface area (Å²) in [6, 6.07) is 3.15. The Morgan fingerprint density at radius 1 is 1.62 bits per heavy atom. The molecule has 0 saturated heterocycles. The highest BCUT2D eigenvalue weighted by Gasteiger charge is 2.19. The number of aliphatic carboxylic acids is 1. The Bertz CT molecular complexity index is 406. The summed E-state index contributed by atoms with van der Waals surface area (Å²) in [5.41, 5.74) is 7.48. The van der Waals surface area contributed by atoms with Gasteiger partial charge in [-0.15, -0.1) is 0 Å². The predicted molar refractivity (Wildman–Crippen MR) is 64.6 cm³/mol. The summed E-state index contributed by atoms with van der Waals surface area (Å²) in [7, 11) is 1.55. The largest absolute Gasteiger partial charge is 0.496 e. The number of benzene rings is 1. The van der Waals surface area contributed by atoms with Crippen LogP contribution in [0.15, 0.2) is 16.6 Å². The molecule has 0 aliphatic rings. The fourth-order valence-corrected chi connectivity index (χ4v) is 2.20. The molecular formula is C11H14BrNO3. The van der Waals surface area contributed by atoms with Gasteiger partial charge in [0.25, 0.3) is 0 Å². The lowest BCUT2D eigenvalue weighted by molar-refractivity contribution is -0.137. The number of carboxylic acid groups (broad SMARTS) is 1. The predicted octanol–water partition coefficient (Wildman–Crippen LogP) is 2.24. The van der Waals surface area contributed by atoms with Gasteiger partial charge >= 0.3 is 5.97 Å². The van der Waals surface area contributed by atoms with E-state index in [0.717, 1.165) is 10.0 Å². The van der Waals surface area contributed by atoms with E-state index in [1.54, 1.807) is 7.11 Å². The second kappa shape index (κ2) is 5.32. The fraction of sp³-hybridized carbons (Fsp3) is 0.364. The lowest BCUT2D eigenvalue weighted by atomic mass is 10.0. The standard InChI is InChI=1S/C11H14BrNO3/c1-6-3-4-7(12)10(11(6)16-2)8(13)5-9(14)15/h3-4,8H,5,13H2,1-2H3,(H,14,15). The molecule has 0 amide bonds. The van der Waals surface area contributed by atoms with E-state index in [1.807, 2.05) is 19.1 Å². The van der Waals surface area contributed by atoms with Gasteiger partial charge in [0.05, 0.1) is 13.5 Å². The number of carbonyl (C=O) groups is 1. The van der Waals surface area contributed by atoms with Crippen molar-refractivity contribution in [2.24, 2.45) is 5.73 Å². The summed E-state index contributed by atoms with van der Waals surface area (Å²) in [5.74, 6) is -0.286. The van der Waals surface area contributed by atoms with Crippen LogP contribution in [0, 0.1) is 6.92 Å². The van der Waals surface area contributed by atoms with Crippen LogP contribution < -0.4 is 10.5 Å². The van der Waals surface area contributed by atoms with Crippen molar-refractivity contribution in [3.63, 3.8) is 0 Å². The minimum Gasteiger partial charge on any atom is -0.496 e. The van der Waals surface area contributed by atoms with Crippen LogP contribution in [-0.2, 0) is 4.79 Å². The molecule has 0 saturated carbocycles. The number of halogens is 1. The summed E-state index contributed by atoms with van der Waals surface area (Å²) < 4.78 is 6.02. The Hall–Kier alpha value is -1.07. The highest BCUT2D eigenvalue weighted by atomic mass is 79.9. The molecule has 1 rings (SSSR count). The van der Waals surface area contributed by atoms with Crippen molar-refractivity contribution in [2.45, 2.75) is 19.4 Å². The highest BCUT2D eigenvalue weighted by molar-refractivity contribution is 9.10. The fourth-order valence-electron chi connectivity index (χ4n) is 1.59. The number of rotatable bonds is 4. The van der Waals surface area contributed by atoms with E-state index in [1.165, 1.54) is 0 Å². The molecule has 4 nitrogen and oxygen atoms in total. The number of aryl methyl sites for hydroxylation is 1. The summed E-state index contributed by atoms with van der Waals surface area (Å²) in [4.78, 5) is 10.6. The normalized spacial score (nSPS) is 12.2. The summed E-state index contributed by atoms with van der Waals surface area (Å²) in [6.45, 7) is 1.89. The van der Waals surface area contributed by atoms with Crippen LogP contribution in [0.25, 0.3) is 0 Å². The average molecular weight is 288 g/mol. The van der Waals surface area contributed by atoms with Crippen molar-refractivity contribution in [1.82, 2.24) is 0 Å². The number of ether oxygens (including phenoxy) is 1. The minimum atomic E-state index is -0.928. The van der Waals surface area contributed by atoms with Gasteiger partial charge in [0.15, 0.2) is 0 Å². The maximum Gasteiger partial charge on any atom is 0.305 e. The van der Waals surface area contributed by atoms with Crippen molar-refractivity contribution < 1.29 is 14.6 Å². The summed E-state index contributed by atoms with van der Waals surface area (Å²) in [5, 5.41) is 8.73. The molecule has 1 aromatic carbocycles. The number of hydrogen-bond donors (Lipinski definition) is 2. The molecule has 88 valence electrons. The Balaban J connectivity index is 3.19. The van der Waals surface area contributed by atoms with Crippen LogP contribution in [0.1, 0.15) is 23.6 Å². The molecule has 1 atom stereocenters. The number of nitrogens with two attached hydrogens (primary N) is 1. The van der Waals surface area contributed by atoms with Crippen molar-refractivity contribution >= 4 is 21.9 Å². The van der Waals surface area contributed by atoms with Gasteiger partial charge in [0, 0.05) is 16.1 Å². The molecule has 0 bridgehead atoms. The third-order valence-electron chi connectivity index (χ3n) is 2.31. The van der Waals surface area contributed by atoms with E-state index in [0.29, 0.717) is 11.3 Å². The maximum absolute atomic E-state index is 10.6. The second-order valence-corrected chi connectivity index (χ2v) is 4.37. The first kappa shape index (κ1) is 13.0. The van der Waals surface area contributed by atoms with Crippen molar-refractivity contribution in [1.29, 1.82) is 0 Å². The molecule has 0 aromatic heterocycles. The van der Waals surface area contributed by atoms with Crippen molar-refractivity contribution in [3.8, 4) is 5.75 Å². The van der Waals surface area contributed by atoms with Crippen LogP contribution in [-0.4, -0.2) is 18.2 Å². The Kier molecular flexibility index (Phi) is 4.32. The third-order valence-corrected chi connectivity index (χ3v) is 3.00. The van der Waals surface area contributed by atoms with Gasteiger partial charge in [-0.05, 0) is 18.6 Å². The molecule has 0 spiro atoms. The molecule has 0 aliphatic carbocycles. The molecule has 5 heteroatoms. The zero-order valence-corrected chi connectivity index (χ0v) is 10.7. The van der Waals surface area contributed by atoms with E-state index >= 15 is 0 Å². The van der Waals surface area contributed by atoms with Gasteiger partial charge in [0.1, 0.15) is 5.75 Å². The average Bonchev–Trinajstić information content (AvgIpc) is 2.19. The molecule has 1 unspecified atom stereocenters. The SMILES string of the molecule is COc1c(C)ccc(Br)c1C(N)CC(=O)O. The van der Waals surface area contributed by atoms with Gasteiger partial charge in [-0.1, -0.05) is 22.0 Å². The van der Waals surface area contributed by atoms with Gasteiger partial charge in [-0.3, -0.25) is 4.79 Å². The van der Waals surface area contributed by atoms with E-state index < -0.39 is 12.0 Å². The zero-order chi connectivity index (χ0) is 12.3. The molecule has 0 fully saturated rings. The van der Waals surface area contributed by atoms with E-state index in [-0.39, 0.29) is 6.42 Å². The zero-order valence-electron chi connectivity index (χ0n) is 9.16. The quantitative estimate of drug-likeness (QED) is 0.891. The van der Waals surface area contributed by atoms with Crippen LogP contribution in [0.5, 0.6) is 5.75 Å². The maximum atomic E-state index is 10.6. The van der Waals surface area contributed by atoms with Gasteiger partial charge in [0.2, 0.25) is 0 Å². The monoisotopic (exact) mass is 287 g/mol. The molecule has 16 heavy (non-hydrogen) atoms. The van der Waals surface area contributed by atoms with Gasteiger partial charge in [-0.25, -0.2) is 0 Å². The Labute approximate surface area is 103 Å². The van der Waals surface area contributed by atoms with Crippen LogP contribution in [0.4, 0.5) is 0 Å². The van der Waals surface area contributed by atoms with E-state index in [2.05, 4.69) is 15.9 Å². The van der Waals surface area contributed by atoms with Crippen molar-refractivity contribution in [3.05, 3.63) is 27.7 Å². The minimum absolute atomic E-state index is 0.127. The Morgan fingerprint density at radius 3 is 2.75 bits per heavy atom. The molecule has 3 N–H and O–H groups in total. The van der Waals surface area contributed by atoms with Crippen LogP contribution >= 0.6 is 15.9 Å². The molecule has 0 radical (unpaired) electrons. The topological polar surface area (TPSA) is 72.5 Å². The van der Waals surface area contributed by atoms with E-state index in [4.69, 9.17) is 15.6 Å². The lowest BCUT2D eigenvalue weighted by Crippen LogP contribution is -2.17. The second-order valence-electron chi connectivity index (χ2n) is 3.52. The summed E-state index contributed by atoms with van der Waals surface area (Å²) in [6.07, 6.45) is -0.127. The van der Waals surface area contributed by atoms with Crippen LogP contribution in [0.3, 0.4) is 0 Å². The molecule has 0 heterocycles.